The average molecular weight is 250 g/mol. The van der Waals surface area contributed by atoms with Crippen LogP contribution >= 0.6 is 0 Å². The molecule has 0 unspecified atom stereocenters. The summed E-state index contributed by atoms with van der Waals surface area (Å²) >= 11 is 0. The van der Waals surface area contributed by atoms with Gasteiger partial charge in [-0.3, -0.25) is 9.89 Å². The van der Waals surface area contributed by atoms with E-state index in [-0.39, 0.29) is 17.9 Å². The van der Waals surface area contributed by atoms with Gasteiger partial charge in [0.25, 0.3) is 5.91 Å². The Morgan fingerprint density at radius 1 is 1.39 bits per heavy atom. The number of carbonyl (C=O) groups is 1. The molecule has 0 bridgehead atoms. The number of nitrogens with one attached hydrogen (secondary N) is 1. The topological polar surface area (TPSA) is 61.9 Å². The van der Waals surface area contributed by atoms with Crippen molar-refractivity contribution in [2.45, 2.75) is 52.5 Å². The third-order valence-electron chi connectivity index (χ3n) is 3.28. The van der Waals surface area contributed by atoms with Gasteiger partial charge in [0.05, 0.1) is 0 Å². The molecule has 1 aliphatic rings. The molecule has 1 fully saturated rings. The molecule has 1 aromatic rings. The molecule has 1 saturated carbocycles. The van der Waals surface area contributed by atoms with E-state index in [0.29, 0.717) is 11.7 Å². The number of amides is 1. The lowest BCUT2D eigenvalue weighted by Gasteiger charge is -2.25. The average Bonchev–Trinajstić information content (AvgIpc) is 2.97. The standard InChI is InChI=1S/C13H22N4O/c1-8(2)11-14-12(16-15-11)13(18)17(9(3)4)7-10-5-6-10/h8-10H,5-7H2,1-4H3,(H,14,15,16). The second-order valence-corrected chi connectivity index (χ2v) is 5.69. The molecule has 100 valence electrons. The smallest absolute Gasteiger partial charge is 0.293 e. The summed E-state index contributed by atoms with van der Waals surface area (Å²) in [5.41, 5.74) is 0. The van der Waals surface area contributed by atoms with Crippen molar-refractivity contribution in [2.24, 2.45) is 5.92 Å². The Bertz CT molecular complexity index is 420. The van der Waals surface area contributed by atoms with Crippen molar-refractivity contribution < 1.29 is 4.79 Å². The lowest BCUT2D eigenvalue weighted by Crippen LogP contribution is -2.39. The Morgan fingerprint density at radius 3 is 2.50 bits per heavy atom. The fraction of sp³-hybridized carbons (Fsp3) is 0.769. The molecular formula is C13H22N4O. The molecule has 0 atom stereocenters. The second kappa shape index (κ2) is 5.08. The van der Waals surface area contributed by atoms with Crippen LogP contribution in [0.1, 0.15) is 62.9 Å². The monoisotopic (exact) mass is 250 g/mol. The van der Waals surface area contributed by atoms with E-state index >= 15 is 0 Å². The van der Waals surface area contributed by atoms with Crippen LogP contribution in [0, 0.1) is 5.92 Å². The highest BCUT2D eigenvalue weighted by molar-refractivity contribution is 5.90. The zero-order valence-electron chi connectivity index (χ0n) is 11.6. The van der Waals surface area contributed by atoms with Crippen molar-refractivity contribution in [3.63, 3.8) is 0 Å². The van der Waals surface area contributed by atoms with Gasteiger partial charge in [0.15, 0.2) is 0 Å². The molecule has 1 N–H and O–H groups in total. The lowest BCUT2D eigenvalue weighted by atomic mass is 10.2. The first-order chi connectivity index (χ1) is 8.49. The summed E-state index contributed by atoms with van der Waals surface area (Å²) in [6, 6.07) is 0.194. The van der Waals surface area contributed by atoms with Crippen LogP contribution in [-0.4, -0.2) is 38.6 Å². The molecule has 0 saturated heterocycles. The van der Waals surface area contributed by atoms with Gasteiger partial charge in [-0.05, 0) is 32.6 Å². The molecule has 0 aromatic carbocycles. The summed E-state index contributed by atoms with van der Waals surface area (Å²) in [7, 11) is 0. The lowest BCUT2D eigenvalue weighted by molar-refractivity contribution is 0.0684. The zero-order chi connectivity index (χ0) is 13.3. The number of nitrogens with zero attached hydrogens (tertiary/aromatic N) is 3. The van der Waals surface area contributed by atoms with Gasteiger partial charge in [0.1, 0.15) is 5.82 Å². The normalized spacial score (nSPS) is 15.4. The van der Waals surface area contributed by atoms with Crippen LogP contribution in [-0.2, 0) is 0 Å². The molecule has 5 heteroatoms. The number of aromatic amines is 1. The Kier molecular flexibility index (Phi) is 3.68. The van der Waals surface area contributed by atoms with Crippen molar-refractivity contribution in [1.29, 1.82) is 0 Å². The first-order valence-electron chi connectivity index (χ1n) is 6.72. The van der Waals surface area contributed by atoms with E-state index in [0.717, 1.165) is 12.4 Å². The summed E-state index contributed by atoms with van der Waals surface area (Å²) in [5, 5.41) is 6.88. The number of hydrogen-bond donors (Lipinski definition) is 1. The molecule has 1 heterocycles. The van der Waals surface area contributed by atoms with Gasteiger partial charge in [-0.25, -0.2) is 4.98 Å². The van der Waals surface area contributed by atoms with Gasteiger partial charge in [-0.2, -0.15) is 0 Å². The molecule has 0 spiro atoms. The van der Waals surface area contributed by atoms with E-state index < -0.39 is 0 Å². The largest absolute Gasteiger partial charge is 0.333 e. The van der Waals surface area contributed by atoms with Crippen molar-refractivity contribution in [3.05, 3.63) is 11.6 Å². The molecule has 2 rings (SSSR count). The Hall–Kier alpha value is -1.39. The van der Waals surface area contributed by atoms with E-state index in [9.17, 15) is 4.79 Å². The zero-order valence-corrected chi connectivity index (χ0v) is 11.6. The molecule has 0 aliphatic heterocycles. The summed E-state index contributed by atoms with van der Waals surface area (Å²) in [6.07, 6.45) is 2.48. The van der Waals surface area contributed by atoms with Gasteiger partial charge in [-0.1, -0.05) is 13.8 Å². The molecule has 1 aromatic heterocycles. The van der Waals surface area contributed by atoms with E-state index in [4.69, 9.17) is 0 Å². The van der Waals surface area contributed by atoms with E-state index in [1.807, 2.05) is 32.6 Å². The SMILES string of the molecule is CC(C)c1nc(C(=O)N(CC2CC2)C(C)C)n[nH]1. The maximum atomic E-state index is 12.4. The minimum atomic E-state index is -0.0555. The van der Waals surface area contributed by atoms with Gasteiger partial charge in [-0.15, -0.1) is 5.10 Å². The van der Waals surface area contributed by atoms with Crippen molar-refractivity contribution in [1.82, 2.24) is 20.1 Å². The predicted molar refractivity (Wildman–Crippen MR) is 69.4 cm³/mol. The Labute approximate surface area is 108 Å². The summed E-state index contributed by atoms with van der Waals surface area (Å²) in [4.78, 5) is 18.5. The number of aromatic nitrogens is 3. The molecule has 18 heavy (non-hydrogen) atoms. The van der Waals surface area contributed by atoms with Crippen LogP contribution < -0.4 is 0 Å². The third-order valence-corrected chi connectivity index (χ3v) is 3.28. The summed E-state index contributed by atoms with van der Waals surface area (Å²) in [6.45, 7) is 8.97. The van der Waals surface area contributed by atoms with Crippen molar-refractivity contribution in [3.8, 4) is 0 Å². The summed E-state index contributed by atoms with van der Waals surface area (Å²) < 4.78 is 0. The number of H-pyrrole nitrogens is 1. The highest BCUT2D eigenvalue weighted by Crippen LogP contribution is 2.30. The predicted octanol–water partition coefficient (Wildman–Crippen LogP) is 2.19. The van der Waals surface area contributed by atoms with Crippen LogP contribution in [0.2, 0.25) is 0 Å². The minimum Gasteiger partial charge on any atom is -0.333 e. The van der Waals surface area contributed by atoms with Crippen LogP contribution in [0.5, 0.6) is 0 Å². The van der Waals surface area contributed by atoms with Crippen molar-refractivity contribution >= 4 is 5.91 Å². The number of rotatable bonds is 5. The fourth-order valence-electron chi connectivity index (χ4n) is 1.86. The van der Waals surface area contributed by atoms with Gasteiger partial charge in [0, 0.05) is 18.5 Å². The van der Waals surface area contributed by atoms with E-state index in [1.165, 1.54) is 12.8 Å². The van der Waals surface area contributed by atoms with Crippen molar-refractivity contribution in [2.75, 3.05) is 6.54 Å². The van der Waals surface area contributed by atoms with Gasteiger partial charge in [0.2, 0.25) is 5.82 Å². The Balaban J connectivity index is 2.10. The Morgan fingerprint density at radius 2 is 2.06 bits per heavy atom. The maximum absolute atomic E-state index is 12.4. The van der Waals surface area contributed by atoms with Crippen LogP contribution in [0.3, 0.4) is 0 Å². The number of carbonyl (C=O) groups excluding carboxylic acids is 1. The van der Waals surface area contributed by atoms with E-state index in [1.54, 1.807) is 0 Å². The first-order valence-corrected chi connectivity index (χ1v) is 6.72. The second-order valence-electron chi connectivity index (χ2n) is 5.69. The molecule has 0 radical (unpaired) electrons. The fourth-order valence-corrected chi connectivity index (χ4v) is 1.86. The minimum absolute atomic E-state index is 0.0555. The van der Waals surface area contributed by atoms with E-state index in [2.05, 4.69) is 15.2 Å². The third kappa shape index (κ3) is 2.89. The van der Waals surface area contributed by atoms with Crippen LogP contribution in [0.15, 0.2) is 0 Å². The first kappa shape index (κ1) is 13.1. The van der Waals surface area contributed by atoms with Gasteiger partial charge < -0.3 is 4.90 Å². The summed E-state index contributed by atoms with van der Waals surface area (Å²) in [5.74, 6) is 1.96. The molecular weight excluding hydrogens is 228 g/mol. The van der Waals surface area contributed by atoms with Crippen LogP contribution in [0.25, 0.3) is 0 Å². The molecule has 1 aliphatic carbocycles. The quantitative estimate of drug-likeness (QED) is 0.871. The molecule has 5 nitrogen and oxygen atoms in total. The highest BCUT2D eigenvalue weighted by atomic mass is 16.2. The maximum Gasteiger partial charge on any atom is 0.293 e. The molecule has 1 amide bonds. The van der Waals surface area contributed by atoms with Crippen LogP contribution in [0.4, 0.5) is 0 Å². The van der Waals surface area contributed by atoms with Gasteiger partial charge >= 0.3 is 0 Å². The highest BCUT2D eigenvalue weighted by Gasteiger charge is 2.30. The number of hydrogen-bond acceptors (Lipinski definition) is 3.